The summed E-state index contributed by atoms with van der Waals surface area (Å²) in [6.07, 6.45) is 0. The lowest BCUT2D eigenvalue weighted by Gasteiger charge is -2.25. The minimum Gasteiger partial charge on any atom is -0.282 e. The summed E-state index contributed by atoms with van der Waals surface area (Å²) in [4.78, 5) is 0.0376. The van der Waals surface area contributed by atoms with E-state index in [2.05, 4.69) is 45.7 Å². The van der Waals surface area contributed by atoms with Gasteiger partial charge in [0.15, 0.2) is 0 Å². The molecule has 1 rings (SSSR count). The van der Waals surface area contributed by atoms with Crippen LogP contribution < -0.4 is 0 Å². The Labute approximate surface area is 144 Å². The molecule has 0 spiro atoms. The zero-order chi connectivity index (χ0) is 16.7. The van der Waals surface area contributed by atoms with Gasteiger partial charge in [0.2, 0.25) is 0 Å². The lowest BCUT2D eigenvalue weighted by molar-refractivity contribution is 0.478. The maximum absolute atomic E-state index is 12.0. The van der Waals surface area contributed by atoms with Crippen LogP contribution in [0.2, 0.25) is 0 Å². The monoisotopic (exact) mass is 440 g/mol. The van der Waals surface area contributed by atoms with E-state index in [-0.39, 0.29) is 22.6 Å². The highest BCUT2D eigenvalue weighted by Crippen LogP contribution is 2.46. The molecule has 0 aliphatic rings. The van der Waals surface area contributed by atoms with Crippen LogP contribution in [0.3, 0.4) is 0 Å². The van der Waals surface area contributed by atoms with Crippen LogP contribution >= 0.6 is 31.9 Å². The normalized spacial score (nSPS) is 12.8. The van der Waals surface area contributed by atoms with Crippen LogP contribution in [0.5, 0.6) is 0 Å². The van der Waals surface area contributed by atoms with Gasteiger partial charge in [-0.25, -0.2) is 0 Å². The number of hydrogen-bond acceptors (Lipinski definition) is 2. The molecule has 0 amide bonds. The van der Waals surface area contributed by atoms with Gasteiger partial charge in [0, 0.05) is 8.95 Å². The third-order valence-electron chi connectivity index (χ3n) is 3.43. The highest BCUT2D eigenvalue weighted by Gasteiger charge is 2.31. The molecule has 1 aromatic rings. The summed E-state index contributed by atoms with van der Waals surface area (Å²) in [6.45, 7) is 11.8. The van der Waals surface area contributed by atoms with Crippen LogP contribution in [0.25, 0.3) is 0 Å². The van der Waals surface area contributed by atoms with Crippen LogP contribution in [0, 0.1) is 0 Å². The van der Waals surface area contributed by atoms with E-state index in [0.717, 1.165) is 14.5 Å². The molecule has 0 saturated heterocycles. The second-order valence-corrected chi connectivity index (χ2v) is 9.08. The van der Waals surface area contributed by atoms with Crippen LogP contribution in [-0.4, -0.2) is 13.0 Å². The molecule has 1 N–H and O–H groups in total. The van der Waals surface area contributed by atoms with E-state index in [1.807, 2.05) is 27.7 Å². The highest BCUT2D eigenvalue weighted by molar-refractivity contribution is 9.11. The molecule has 0 saturated carbocycles. The Bertz CT molecular complexity index is 612. The van der Waals surface area contributed by atoms with Crippen LogP contribution in [0.1, 0.15) is 76.0 Å². The van der Waals surface area contributed by atoms with Gasteiger partial charge in [0.05, 0.1) is 0 Å². The summed E-state index contributed by atoms with van der Waals surface area (Å²) in [6, 6.07) is 0. The van der Waals surface area contributed by atoms with Gasteiger partial charge in [-0.05, 0) is 34.4 Å². The molecular weight excluding hydrogens is 420 g/mol. The molecule has 0 atom stereocenters. The van der Waals surface area contributed by atoms with E-state index in [4.69, 9.17) is 0 Å². The first-order chi connectivity index (χ1) is 9.41. The Kier molecular flexibility index (Phi) is 6.09. The van der Waals surface area contributed by atoms with Crippen molar-refractivity contribution in [3.63, 3.8) is 0 Å². The van der Waals surface area contributed by atoms with Crippen molar-refractivity contribution in [2.75, 3.05) is 0 Å². The SMILES string of the molecule is CC(C)c1c(Br)c(C(C)C)c(S(=O)(=O)O)c(C(C)C)c1Br. The Morgan fingerprint density at radius 1 is 0.762 bits per heavy atom. The van der Waals surface area contributed by atoms with Gasteiger partial charge in [-0.15, -0.1) is 0 Å². The first-order valence-corrected chi connectivity index (χ1v) is 9.95. The second kappa shape index (κ2) is 6.69. The first-order valence-electron chi connectivity index (χ1n) is 6.93. The fourth-order valence-corrected chi connectivity index (χ4v) is 6.93. The van der Waals surface area contributed by atoms with Gasteiger partial charge < -0.3 is 0 Å². The number of hydrogen-bond donors (Lipinski definition) is 1. The predicted octanol–water partition coefficient (Wildman–Crippen LogP) is 5.83. The fourth-order valence-electron chi connectivity index (χ4n) is 2.55. The van der Waals surface area contributed by atoms with E-state index in [1.54, 1.807) is 0 Å². The Hall–Kier alpha value is 0.0900. The maximum Gasteiger partial charge on any atom is 0.295 e. The molecule has 0 aromatic heterocycles. The molecule has 0 aliphatic heterocycles. The molecule has 0 unspecified atom stereocenters. The van der Waals surface area contributed by atoms with Crippen molar-refractivity contribution in [2.45, 2.75) is 64.2 Å². The summed E-state index contributed by atoms with van der Waals surface area (Å²) in [5.41, 5.74) is 2.33. The van der Waals surface area contributed by atoms with Gasteiger partial charge >= 0.3 is 0 Å². The van der Waals surface area contributed by atoms with E-state index in [1.165, 1.54) is 0 Å². The molecule has 6 heteroatoms. The van der Waals surface area contributed by atoms with Gasteiger partial charge in [-0.2, -0.15) is 8.42 Å². The summed E-state index contributed by atoms with van der Waals surface area (Å²) in [5, 5.41) is 0. The lowest BCUT2D eigenvalue weighted by Crippen LogP contribution is -2.14. The number of halogens is 2. The zero-order valence-electron chi connectivity index (χ0n) is 13.2. The van der Waals surface area contributed by atoms with Gasteiger partial charge in [-0.1, -0.05) is 73.4 Å². The molecule has 21 heavy (non-hydrogen) atoms. The summed E-state index contributed by atoms with van der Waals surface area (Å²) >= 11 is 7.11. The van der Waals surface area contributed by atoms with Gasteiger partial charge in [0.25, 0.3) is 10.1 Å². The van der Waals surface area contributed by atoms with Gasteiger partial charge in [0.1, 0.15) is 4.90 Å². The highest BCUT2D eigenvalue weighted by atomic mass is 79.9. The van der Waals surface area contributed by atoms with Crippen LogP contribution in [0.15, 0.2) is 13.8 Å². The molecule has 0 fully saturated rings. The van der Waals surface area contributed by atoms with Crippen molar-refractivity contribution in [3.8, 4) is 0 Å². The van der Waals surface area contributed by atoms with Crippen LogP contribution in [-0.2, 0) is 10.1 Å². The Morgan fingerprint density at radius 3 is 1.24 bits per heavy atom. The molecule has 0 bridgehead atoms. The smallest absolute Gasteiger partial charge is 0.282 e. The summed E-state index contributed by atoms with van der Waals surface area (Å²) in [5.74, 6) is 0.165. The second-order valence-electron chi connectivity index (χ2n) is 6.14. The largest absolute Gasteiger partial charge is 0.295 e. The summed E-state index contributed by atoms with van der Waals surface area (Å²) in [7, 11) is -4.30. The molecule has 0 heterocycles. The molecule has 120 valence electrons. The van der Waals surface area contributed by atoms with E-state index in [0.29, 0.717) is 11.1 Å². The van der Waals surface area contributed by atoms with E-state index < -0.39 is 10.1 Å². The van der Waals surface area contributed by atoms with E-state index >= 15 is 0 Å². The third-order valence-corrected chi connectivity index (χ3v) is 6.09. The maximum atomic E-state index is 12.0. The van der Waals surface area contributed by atoms with Gasteiger partial charge in [-0.3, -0.25) is 4.55 Å². The molecular formula is C15H22Br2O3S. The van der Waals surface area contributed by atoms with Crippen molar-refractivity contribution in [3.05, 3.63) is 25.6 Å². The van der Waals surface area contributed by atoms with Crippen LogP contribution in [0.4, 0.5) is 0 Å². The minimum absolute atomic E-state index is 0.0283. The third kappa shape index (κ3) is 3.71. The molecule has 0 radical (unpaired) electrons. The zero-order valence-corrected chi connectivity index (χ0v) is 17.1. The average molecular weight is 442 g/mol. The summed E-state index contributed by atoms with van der Waals surface area (Å²) < 4.78 is 35.2. The predicted molar refractivity (Wildman–Crippen MR) is 93.9 cm³/mol. The molecule has 0 aliphatic carbocycles. The first kappa shape index (κ1) is 19.1. The van der Waals surface area contributed by atoms with E-state index in [9.17, 15) is 13.0 Å². The Morgan fingerprint density at radius 2 is 1.05 bits per heavy atom. The van der Waals surface area contributed by atoms with Crippen molar-refractivity contribution < 1.29 is 13.0 Å². The lowest BCUT2D eigenvalue weighted by atomic mass is 9.89. The standard InChI is InChI=1S/C15H22Br2O3S/c1-7(2)10-13(16)11(8(3)4)15(21(18,19)20)12(9(5)6)14(10)17/h7-9H,1-6H3,(H,18,19,20). The fraction of sp³-hybridized carbons (Fsp3) is 0.600. The number of rotatable bonds is 4. The minimum atomic E-state index is -4.30. The molecule has 1 aromatic carbocycles. The van der Waals surface area contributed by atoms with Crippen molar-refractivity contribution in [1.82, 2.24) is 0 Å². The Balaban J connectivity index is 4.12. The average Bonchev–Trinajstić information content (AvgIpc) is 2.24. The van der Waals surface area contributed by atoms with Crippen molar-refractivity contribution >= 4 is 42.0 Å². The quantitative estimate of drug-likeness (QED) is 0.598. The van der Waals surface area contributed by atoms with Crippen molar-refractivity contribution in [1.29, 1.82) is 0 Å². The number of benzene rings is 1. The topological polar surface area (TPSA) is 54.4 Å². The van der Waals surface area contributed by atoms with Crippen molar-refractivity contribution in [2.24, 2.45) is 0 Å². The molecule has 3 nitrogen and oxygen atoms in total.